The van der Waals surface area contributed by atoms with Gasteiger partial charge in [0.2, 0.25) is 5.82 Å². The van der Waals surface area contributed by atoms with E-state index in [0.29, 0.717) is 17.2 Å². The van der Waals surface area contributed by atoms with Crippen LogP contribution in [-0.4, -0.2) is 29.6 Å². The standard InChI is InChI=1S/C17H13BrN6O/c1-11-3-2-4-15-19-14(9-16(25)24(11)15)10-23-21-17(20-22-23)12-5-7-13(18)8-6-12/h2-9H,10H2,1H3. The molecule has 3 heterocycles. The van der Waals surface area contributed by atoms with Crippen LogP contribution in [0, 0.1) is 6.92 Å². The Kier molecular flexibility index (Phi) is 3.89. The first kappa shape index (κ1) is 15.6. The first-order valence-electron chi connectivity index (χ1n) is 7.62. The van der Waals surface area contributed by atoms with Gasteiger partial charge in [0.25, 0.3) is 5.56 Å². The smallest absolute Gasteiger partial charge is 0.258 e. The van der Waals surface area contributed by atoms with E-state index in [1.54, 1.807) is 10.5 Å². The van der Waals surface area contributed by atoms with Crippen LogP contribution in [0.4, 0.5) is 0 Å². The summed E-state index contributed by atoms with van der Waals surface area (Å²) < 4.78 is 2.56. The van der Waals surface area contributed by atoms with Crippen molar-refractivity contribution < 1.29 is 0 Å². The van der Waals surface area contributed by atoms with Gasteiger partial charge < -0.3 is 0 Å². The molecule has 0 unspecified atom stereocenters. The van der Waals surface area contributed by atoms with Gasteiger partial charge in [-0.3, -0.25) is 9.20 Å². The Balaban J connectivity index is 1.66. The molecule has 0 bridgehead atoms. The molecule has 124 valence electrons. The van der Waals surface area contributed by atoms with Crippen molar-refractivity contribution >= 4 is 21.6 Å². The van der Waals surface area contributed by atoms with Crippen LogP contribution in [0.3, 0.4) is 0 Å². The number of tetrazole rings is 1. The van der Waals surface area contributed by atoms with Crippen molar-refractivity contribution in [1.29, 1.82) is 0 Å². The number of rotatable bonds is 3. The highest BCUT2D eigenvalue weighted by atomic mass is 79.9. The molecule has 7 nitrogen and oxygen atoms in total. The van der Waals surface area contributed by atoms with Crippen molar-refractivity contribution in [3.05, 3.63) is 74.7 Å². The molecular formula is C17H13BrN6O. The van der Waals surface area contributed by atoms with E-state index in [2.05, 4.69) is 36.3 Å². The Morgan fingerprint density at radius 3 is 2.72 bits per heavy atom. The maximum absolute atomic E-state index is 12.3. The minimum Gasteiger partial charge on any atom is -0.269 e. The Hall–Kier alpha value is -2.87. The average Bonchev–Trinajstić information content (AvgIpc) is 3.03. The molecule has 0 atom stereocenters. The average molecular weight is 397 g/mol. The third-order valence-electron chi connectivity index (χ3n) is 3.79. The largest absolute Gasteiger partial charge is 0.269 e. The van der Waals surface area contributed by atoms with Crippen LogP contribution in [0.2, 0.25) is 0 Å². The van der Waals surface area contributed by atoms with E-state index < -0.39 is 0 Å². The van der Waals surface area contributed by atoms with Gasteiger partial charge in [-0.05, 0) is 48.5 Å². The summed E-state index contributed by atoms with van der Waals surface area (Å²) in [6, 6.07) is 14.7. The topological polar surface area (TPSA) is 78.0 Å². The van der Waals surface area contributed by atoms with Gasteiger partial charge in [0.05, 0.1) is 5.69 Å². The van der Waals surface area contributed by atoms with Crippen molar-refractivity contribution in [1.82, 2.24) is 29.6 Å². The number of pyridine rings is 1. The lowest BCUT2D eigenvalue weighted by atomic mass is 10.2. The quantitative estimate of drug-likeness (QED) is 0.531. The van der Waals surface area contributed by atoms with Crippen molar-refractivity contribution in [3.63, 3.8) is 0 Å². The van der Waals surface area contributed by atoms with Crippen LogP contribution in [0.5, 0.6) is 0 Å². The van der Waals surface area contributed by atoms with Gasteiger partial charge in [0.15, 0.2) is 0 Å². The monoisotopic (exact) mass is 396 g/mol. The number of nitrogens with zero attached hydrogens (tertiary/aromatic N) is 6. The van der Waals surface area contributed by atoms with Crippen LogP contribution in [-0.2, 0) is 6.54 Å². The van der Waals surface area contributed by atoms with E-state index in [1.807, 2.05) is 43.3 Å². The Bertz CT molecular complexity index is 1120. The van der Waals surface area contributed by atoms with E-state index >= 15 is 0 Å². The summed E-state index contributed by atoms with van der Waals surface area (Å²) in [5.41, 5.74) is 2.80. The Morgan fingerprint density at radius 2 is 1.92 bits per heavy atom. The highest BCUT2D eigenvalue weighted by Gasteiger charge is 2.09. The van der Waals surface area contributed by atoms with Crippen LogP contribution in [0.25, 0.3) is 17.0 Å². The van der Waals surface area contributed by atoms with Crippen molar-refractivity contribution in [2.45, 2.75) is 13.5 Å². The number of aryl methyl sites for hydroxylation is 1. The molecule has 3 aromatic heterocycles. The molecule has 8 heteroatoms. The van der Waals surface area contributed by atoms with Crippen molar-refractivity contribution in [2.24, 2.45) is 0 Å². The zero-order valence-electron chi connectivity index (χ0n) is 13.3. The number of hydrogen-bond donors (Lipinski definition) is 0. The zero-order chi connectivity index (χ0) is 17.4. The van der Waals surface area contributed by atoms with Crippen LogP contribution >= 0.6 is 15.9 Å². The molecule has 0 N–H and O–H groups in total. The Labute approximate surface area is 151 Å². The zero-order valence-corrected chi connectivity index (χ0v) is 14.9. The predicted octanol–water partition coefficient (Wildman–Crippen LogP) is 2.47. The molecule has 0 fully saturated rings. The molecule has 0 saturated heterocycles. The lowest BCUT2D eigenvalue weighted by Gasteiger charge is -2.05. The molecule has 0 amide bonds. The van der Waals surface area contributed by atoms with Gasteiger partial charge in [-0.2, -0.15) is 4.80 Å². The summed E-state index contributed by atoms with van der Waals surface area (Å²) in [5.74, 6) is 0.529. The minimum absolute atomic E-state index is 0.119. The maximum atomic E-state index is 12.3. The SMILES string of the molecule is Cc1cccc2nc(Cn3nnc(-c4ccc(Br)cc4)n3)cc(=O)n12. The van der Waals surface area contributed by atoms with Gasteiger partial charge in [-0.25, -0.2) is 4.98 Å². The number of aromatic nitrogens is 6. The number of benzene rings is 1. The third-order valence-corrected chi connectivity index (χ3v) is 4.32. The van der Waals surface area contributed by atoms with Gasteiger partial charge in [0.1, 0.15) is 12.2 Å². The minimum atomic E-state index is -0.119. The second-order valence-corrected chi connectivity index (χ2v) is 6.51. The normalized spacial score (nSPS) is 11.1. The second-order valence-electron chi connectivity index (χ2n) is 5.60. The highest BCUT2D eigenvalue weighted by Crippen LogP contribution is 2.17. The summed E-state index contributed by atoms with van der Waals surface area (Å²) in [4.78, 5) is 18.3. The van der Waals surface area contributed by atoms with E-state index in [4.69, 9.17) is 0 Å². The van der Waals surface area contributed by atoms with E-state index in [1.165, 1.54) is 10.9 Å². The number of halogens is 1. The van der Waals surface area contributed by atoms with E-state index in [-0.39, 0.29) is 12.1 Å². The predicted molar refractivity (Wildman–Crippen MR) is 96.3 cm³/mol. The van der Waals surface area contributed by atoms with Crippen LogP contribution in [0.1, 0.15) is 11.4 Å². The molecule has 0 saturated carbocycles. The fourth-order valence-corrected chi connectivity index (χ4v) is 2.88. The molecule has 1 aromatic carbocycles. The third kappa shape index (κ3) is 3.08. The van der Waals surface area contributed by atoms with Gasteiger partial charge in [-0.15, -0.1) is 10.2 Å². The highest BCUT2D eigenvalue weighted by molar-refractivity contribution is 9.10. The maximum Gasteiger partial charge on any atom is 0.258 e. The van der Waals surface area contributed by atoms with Gasteiger partial charge in [-0.1, -0.05) is 22.0 Å². The molecular weight excluding hydrogens is 384 g/mol. The van der Waals surface area contributed by atoms with Crippen molar-refractivity contribution in [3.8, 4) is 11.4 Å². The van der Waals surface area contributed by atoms with E-state index in [9.17, 15) is 4.79 Å². The number of fused-ring (bicyclic) bond motifs is 1. The lowest BCUT2D eigenvalue weighted by molar-refractivity contribution is 0.564. The fourth-order valence-electron chi connectivity index (χ4n) is 2.61. The molecule has 0 spiro atoms. The summed E-state index contributed by atoms with van der Waals surface area (Å²) in [6.07, 6.45) is 0. The number of hydrogen-bond acceptors (Lipinski definition) is 5. The van der Waals surface area contributed by atoms with Crippen LogP contribution in [0.15, 0.2) is 57.8 Å². The molecule has 4 rings (SSSR count). The summed E-state index contributed by atoms with van der Waals surface area (Å²) >= 11 is 3.40. The fraction of sp³-hybridized carbons (Fsp3) is 0.118. The summed E-state index contributed by atoms with van der Waals surface area (Å²) in [5, 5.41) is 12.5. The first-order valence-corrected chi connectivity index (χ1v) is 8.41. The Morgan fingerprint density at radius 1 is 1.12 bits per heavy atom. The lowest BCUT2D eigenvalue weighted by Crippen LogP contribution is -2.19. The first-order chi connectivity index (χ1) is 12.1. The van der Waals surface area contributed by atoms with Crippen LogP contribution < -0.4 is 5.56 Å². The van der Waals surface area contributed by atoms with Gasteiger partial charge >= 0.3 is 0 Å². The second kappa shape index (κ2) is 6.21. The summed E-state index contributed by atoms with van der Waals surface area (Å²) in [7, 11) is 0. The van der Waals surface area contributed by atoms with E-state index in [0.717, 1.165) is 15.7 Å². The molecule has 0 aliphatic rings. The molecule has 0 radical (unpaired) electrons. The van der Waals surface area contributed by atoms with Gasteiger partial charge in [0, 0.05) is 21.8 Å². The molecule has 4 aromatic rings. The molecule has 25 heavy (non-hydrogen) atoms. The van der Waals surface area contributed by atoms with Crippen molar-refractivity contribution in [2.75, 3.05) is 0 Å². The molecule has 0 aliphatic heterocycles. The molecule has 0 aliphatic carbocycles. The summed E-state index contributed by atoms with van der Waals surface area (Å²) in [6.45, 7) is 2.16.